The molecule has 26 heavy (non-hydrogen) atoms. The monoisotopic (exact) mass is 381 g/mol. The number of thiophene rings is 1. The van der Waals surface area contributed by atoms with E-state index < -0.39 is 15.1 Å². The van der Waals surface area contributed by atoms with Crippen LogP contribution < -0.4 is 0 Å². The van der Waals surface area contributed by atoms with Crippen molar-refractivity contribution in [3.63, 3.8) is 0 Å². The number of benzene rings is 2. The molecule has 2 aromatic carbocycles. The van der Waals surface area contributed by atoms with Crippen LogP contribution in [0.1, 0.15) is 28.3 Å². The van der Waals surface area contributed by atoms with Crippen LogP contribution in [0, 0.1) is 0 Å². The van der Waals surface area contributed by atoms with Gasteiger partial charge in [0.05, 0.1) is 4.90 Å². The summed E-state index contributed by atoms with van der Waals surface area (Å²) in [7, 11) is -3.58. The molecular weight excluding hydrogens is 362 g/mol. The number of hydrogen-bond acceptors (Lipinski definition) is 3. The van der Waals surface area contributed by atoms with Crippen molar-refractivity contribution in [3.05, 3.63) is 88.2 Å². The van der Waals surface area contributed by atoms with Crippen LogP contribution in [0.4, 0.5) is 0 Å². The Morgan fingerprint density at radius 2 is 1.69 bits per heavy atom. The number of aryl methyl sites for hydroxylation is 1. The van der Waals surface area contributed by atoms with Crippen molar-refractivity contribution in [2.24, 2.45) is 0 Å². The third kappa shape index (κ3) is 2.77. The molecule has 0 radical (unpaired) electrons. The highest BCUT2D eigenvalue weighted by atomic mass is 32.2. The van der Waals surface area contributed by atoms with E-state index in [1.165, 1.54) is 11.3 Å². The van der Waals surface area contributed by atoms with Crippen molar-refractivity contribution in [3.8, 4) is 0 Å². The predicted octanol–water partition coefficient (Wildman–Crippen LogP) is 5.36. The highest BCUT2D eigenvalue weighted by molar-refractivity contribution is 7.92. The van der Waals surface area contributed by atoms with E-state index in [4.69, 9.17) is 0 Å². The molecule has 2 aromatic heterocycles. The van der Waals surface area contributed by atoms with Gasteiger partial charge in [0.1, 0.15) is 5.25 Å². The molecule has 0 aliphatic carbocycles. The second-order valence-electron chi connectivity index (χ2n) is 6.17. The summed E-state index contributed by atoms with van der Waals surface area (Å²) in [5.74, 6) is 0. The molecule has 1 unspecified atom stereocenters. The lowest BCUT2D eigenvalue weighted by atomic mass is 10.0. The standard InChI is InChI=1S/C21H19NO2S2/c1-2-17-20(16-11-6-7-12-18(16)22-17)21(19-13-8-14-25-19)26(23,24)15-9-4-3-5-10-15/h3-14,21-22H,2H2,1H3. The Morgan fingerprint density at radius 1 is 0.962 bits per heavy atom. The van der Waals surface area contributed by atoms with Crippen LogP contribution in [-0.2, 0) is 16.3 Å². The minimum Gasteiger partial charge on any atom is -0.358 e. The molecule has 0 amide bonds. The van der Waals surface area contributed by atoms with Crippen LogP contribution in [-0.4, -0.2) is 13.4 Å². The maximum absolute atomic E-state index is 13.6. The average Bonchev–Trinajstić information content (AvgIpc) is 3.31. The first-order chi connectivity index (χ1) is 12.6. The van der Waals surface area contributed by atoms with Gasteiger partial charge in [0.15, 0.2) is 9.84 Å². The molecule has 1 N–H and O–H groups in total. The first kappa shape index (κ1) is 17.1. The lowest BCUT2D eigenvalue weighted by molar-refractivity contribution is 0.589. The predicted molar refractivity (Wildman–Crippen MR) is 107 cm³/mol. The summed E-state index contributed by atoms with van der Waals surface area (Å²) in [5.41, 5.74) is 2.82. The van der Waals surface area contributed by atoms with Gasteiger partial charge >= 0.3 is 0 Å². The number of hydrogen-bond donors (Lipinski definition) is 1. The highest BCUT2D eigenvalue weighted by Gasteiger charge is 2.35. The molecular formula is C21H19NO2S2. The summed E-state index contributed by atoms with van der Waals surface area (Å²) < 4.78 is 27.3. The van der Waals surface area contributed by atoms with Gasteiger partial charge in [-0.15, -0.1) is 11.3 Å². The molecule has 0 bridgehead atoms. The fraction of sp³-hybridized carbons (Fsp3) is 0.143. The number of H-pyrrole nitrogens is 1. The second-order valence-corrected chi connectivity index (χ2v) is 9.18. The smallest absolute Gasteiger partial charge is 0.190 e. The highest BCUT2D eigenvalue weighted by Crippen LogP contribution is 2.42. The van der Waals surface area contributed by atoms with Crippen LogP contribution >= 0.6 is 11.3 Å². The van der Waals surface area contributed by atoms with Gasteiger partial charge in [0.25, 0.3) is 0 Å². The second kappa shape index (κ2) is 6.74. The van der Waals surface area contributed by atoms with E-state index in [1.807, 2.05) is 47.8 Å². The minimum absolute atomic E-state index is 0.353. The number of sulfone groups is 1. The molecule has 0 fully saturated rings. The van der Waals surface area contributed by atoms with Crippen molar-refractivity contribution in [2.75, 3.05) is 0 Å². The van der Waals surface area contributed by atoms with E-state index in [2.05, 4.69) is 11.9 Å². The van der Waals surface area contributed by atoms with Gasteiger partial charge in [-0.1, -0.05) is 49.4 Å². The van der Waals surface area contributed by atoms with Crippen molar-refractivity contribution in [1.82, 2.24) is 4.98 Å². The van der Waals surface area contributed by atoms with E-state index >= 15 is 0 Å². The van der Waals surface area contributed by atoms with Crippen LogP contribution in [0.3, 0.4) is 0 Å². The topological polar surface area (TPSA) is 49.9 Å². The summed E-state index contributed by atoms with van der Waals surface area (Å²) >= 11 is 1.49. The lowest BCUT2D eigenvalue weighted by Gasteiger charge is -2.18. The minimum atomic E-state index is -3.58. The van der Waals surface area contributed by atoms with Crippen molar-refractivity contribution >= 4 is 32.1 Å². The number of para-hydroxylation sites is 1. The Labute approximate surface area is 157 Å². The molecule has 132 valence electrons. The van der Waals surface area contributed by atoms with E-state index in [9.17, 15) is 8.42 Å². The van der Waals surface area contributed by atoms with Gasteiger partial charge in [0.2, 0.25) is 0 Å². The fourth-order valence-electron chi connectivity index (χ4n) is 3.43. The molecule has 0 aliphatic rings. The molecule has 0 aliphatic heterocycles. The summed E-state index contributed by atoms with van der Waals surface area (Å²) in [5, 5.41) is 2.20. The van der Waals surface area contributed by atoms with Gasteiger partial charge in [-0.3, -0.25) is 0 Å². The SMILES string of the molecule is CCc1[nH]c2ccccc2c1C(c1cccs1)S(=O)(=O)c1ccccc1. The van der Waals surface area contributed by atoms with Crippen LogP contribution in [0.2, 0.25) is 0 Å². The van der Waals surface area contributed by atoms with Gasteiger partial charge in [-0.25, -0.2) is 8.42 Å². The fourth-order valence-corrected chi connectivity index (χ4v) is 6.47. The number of rotatable bonds is 5. The Bertz CT molecular complexity index is 1130. The van der Waals surface area contributed by atoms with E-state index in [1.54, 1.807) is 24.3 Å². The lowest BCUT2D eigenvalue weighted by Crippen LogP contribution is -2.15. The molecule has 4 aromatic rings. The summed E-state index contributed by atoms with van der Waals surface area (Å²) in [6.07, 6.45) is 0.746. The van der Waals surface area contributed by atoms with Crippen LogP contribution in [0.15, 0.2) is 77.0 Å². The molecule has 4 rings (SSSR count). The Morgan fingerprint density at radius 3 is 2.38 bits per heavy atom. The third-order valence-electron chi connectivity index (χ3n) is 4.63. The largest absolute Gasteiger partial charge is 0.358 e. The first-order valence-corrected chi connectivity index (χ1v) is 11.0. The Balaban J connectivity index is 2.03. The molecule has 2 heterocycles. The molecule has 0 saturated carbocycles. The molecule has 5 heteroatoms. The van der Waals surface area contributed by atoms with Crippen molar-refractivity contribution in [1.29, 1.82) is 0 Å². The van der Waals surface area contributed by atoms with Crippen LogP contribution in [0.25, 0.3) is 10.9 Å². The summed E-state index contributed by atoms with van der Waals surface area (Å²) in [4.78, 5) is 4.61. The van der Waals surface area contributed by atoms with E-state index in [0.29, 0.717) is 4.90 Å². The van der Waals surface area contributed by atoms with E-state index in [0.717, 1.165) is 33.5 Å². The van der Waals surface area contributed by atoms with E-state index in [-0.39, 0.29) is 0 Å². The third-order valence-corrected chi connectivity index (χ3v) is 7.75. The molecule has 1 atom stereocenters. The van der Waals surface area contributed by atoms with Gasteiger partial charge < -0.3 is 4.98 Å². The zero-order valence-electron chi connectivity index (χ0n) is 14.3. The quantitative estimate of drug-likeness (QED) is 0.506. The van der Waals surface area contributed by atoms with Gasteiger partial charge in [0, 0.05) is 27.0 Å². The van der Waals surface area contributed by atoms with Crippen LogP contribution in [0.5, 0.6) is 0 Å². The zero-order chi connectivity index (χ0) is 18.1. The number of fused-ring (bicyclic) bond motifs is 1. The summed E-state index contributed by atoms with van der Waals surface area (Å²) in [6.45, 7) is 2.05. The van der Waals surface area contributed by atoms with Gasteiger partial charge in [-0.05, 0) is 36.1 Å². The molecule has 0 saturated heterocycles. The zero-order valence-corrected chi connectivity index (χ0v) is 16.0. The summed E-state index contributed by atoms with van der Waals surface area (Å²) in [6, 6.07) is 20.5. The molecule has 3 nitrogen and oxygen atoms in total. The maximum Gasteiger partial charge on any atom is 0.190 e. The van der Waals surface area contributed by atoms with Crippen molar-refractivity contribution < 1.29 is 8.42 Å². The normalized spacial score (nSPS) is 13.1. The Kier molecular flexibility index (Phi) is 4.42. The van der Waals surface area contributed by atoms with Gasteiger partial charge in [-0.2, -0.15) is 0 Å². The molecule has 0 spiro atoms. The Hall–Kier alpha value is -2.37. The maximum atomic E-state index is 13.6. The first-order valence-electron chi connectivity index (χ1n) is 8.54. The average molecular weight is 382 g/mol. The number of aromatic nitrogens is 1. The number of nitrogens with one attached hydrogen (secondary N) is 1. The van der Waals surface area contributed by atoms with Crippen molar-refractivity contribution in [2.45, 2.75) is 23.5 Å². The number of aromatic amines is 1.